The minimum Gasteiger partial charge on any atom is -0.375 e. The molecule has 1 unspecified atom stereocenters. The van der Waals surface area contributed by atoms with Crippen molar-refractivity contribution in [3.8, 4) is 0 Å². The van der Waals surface area contributed by atoms with E-state index in [0.29, 0.717) is 5.13 Å². The van der Waals surface area contributed by atoms with Gasteiger partial charge in [-0.25, -0.2) is 4.98 Å². The number of aryl methyl sites for hydroxylation is 1. The van der Waals surface area contributed by atoms with Crippen molar-refractivity contribution in [3.05, 3.63) is 10.6 Å². The Kier molecular flexibility index (Phi) is 6.50. The first-order valence-electron chi connectivity index (χ1n) is 4.66. The van der Waals surface area contributed by atoms with Gasteiger partial charge in [-0.1, -0.05) is 0 Å². The Labute approximate surface area is 120 Å². The maximum atomic E-state index is 10.9. The number of thiazole rings is 1. The lowest BCUT2D eigenvalue weighted by Crippen LogP contribution is -2.37. The van der Waals surface area contributed by atoms with Crippen LogP contribution >= 0.6 is 45.3 Å². The molecule has 1 aromatic rings. The fraction of sp³-hybridized carbons (Fsp3) is 0.556. The summed E-state index contributed by atoms with van der Waals surface area (Å²) in [6, 6.07) is 0.264. The summed E-state index contributed by atoms with van der Waals surface area (Å²) in [6.07, 6.45) is 2.77. The fourth-order valence-electron chi connectivity index (χ4n) is 1.81. The first-order chi connectivity index (χ1) is 6.65. The van der Waals surface area contributed by atoms with Gasteiger partial charge in [0.05, 0.1) is 5.69 Å². The second-order valence-electron chi connectivity index (χ2n) is 3.56. The van der Waals surface area contributed by atoms with Crippen LogP contribution in [0.4, 0.5) is 5.13 Å². The molecule has 0 saturated heterocycles. The van der Waals surface area contributed by atoms with Crippen LogP contribution in [0.5, 0.6) is 0 Å². The van der Waals surface area contributed by atoms with Gasteiger partial charge in [-0.3, -0.25) is 4.79 Å². The zero-order chi connectivity index (χ0) is 10.1. The summed E-state index contributed by atoms with van der Waals surface area (Å²) in [7, 11) is 0. The van der Waals surface area contributed by atoms with Gasteiger partial charge in [0, 0.05) is 24.3 Å². The first kappa shape index (κ1) is 15.9. The Balaban J connectivity index is 0.00000112. The molecule has 1 aromatic heterocycles. The molecule has 0 fully saturated rings. The molecule has 0 saturated carbocycles. The molecule has 3 N–H and O–H groups in total. The van der Waals surface area contributed by atoms with Crippen LogP contribution in [0, 0.1) is 0 Å². The number of nitrogens with zero attached hydrogens (tertiary/aromatic N) is 1. The number of nitrogens with two attached hydrogens (primary N) is 1. The van der Waals surface area contributed by atoms with Crippen molar-refractivity contribution in [2.24, 2.45) is 0 Å². The summed E-state index contributed by atoms with van der Waals surface area (Å²) >= 11 is 1.54. The van der Waals surface area contributed by atoms with Gasteiger partial charge in [-0.05, 0) is 12.8 Å². The average Bonchev–Trinajstić information content (AvgIpc) is 2.42. The van der Waals surface area contributed by atoms with Gasteiger partial charge < -0.3 is 11.1 Å². The number of nitrogens with one attached hydrogen (secondary N) is 1. The minimum atomic E-state index is 0. The van der Waals surface area contributed by atoms with Gasteiger partial charge in [0.25, 0.3) is 0 Å². The number of nitrogen functional groups attached to an aromatic ring is 1. The SMILES string of the molecule is Br.Br.CC(=O)NC1CCc2nc(N)sc2C1. The molecule has 2 rings (SSSR count). The molecule has 0 radical (unpaired) electrons. The van der Waals surface area contributed by atoms with Crippen molar-refractivity contribution >= 4 is 56.3 Å². The molecule has 1 heterocycles. The van der Waals surface area contributed by atoms with E-state index in [-0.39, 0.29) is 45.9 Å². The Morgan fingerprint density at radius 2 is 2.25 bits per heavy atom. The van der Waals surface area contributed by atoms with Gasteiger partial charge in [-0.15, -0.1) is 45.3 Å². The fourth-order valence-corrected chi connectivity index (χ4v) is 2.76. The zero-order valence-corrected chi connectivity index (χ0v) is 13.1. The Bertz CT molecular complexity index is 370. The number of carbonyl (C=O) groups is 1. The summed E-state index contributed by atoms with van der Waals surface area (Å²) in [5, 5.41) is 3.57. The van der Waals surface area contributed by atoms with Crippen LogP contribution in [-0.4, -0.2) is 16.9 Å². The summed E-state index contributed by atoms with van der Waals surface area (Å²) in [5.41, 5.74) is 6.74. The van der Waals surface area contributed by atoms with Gasteiger partial charge in [-0.2, -0.15) is 0 Å². The normalized spacial score (nSPS) is 17.7. The van der Waals surface area contributed by atoms with Gasteiger partial charge in [0.2, 0.25) is 5.91 Å². The number of halogens is 2. The topological polar surface area (TPSA) is 68.0 Å². The van der Waals surface area contributed by atoms with Crippen molar-refractivity contribution in [3.63, 3.8) is 0 Å². The molecule has 0 spiro atoms. The maximum absolute atomic E-state index is 10.9. The van der Waals surface area contributed by atoms with Crippen molar-refractivity contribution in [1.82, 2.24) is 10.3 Å². The van der Waals surface area contributed by atoms with Gasteiger partial charge in [0.15, 0.2) is 5.13 Å². The summed E-state index contributed by atoms with van der Waals surface area (Å²) < 4.78 is 0. The van der Waals surface area contributed by atoms with E-state index in [1.165, 1.54) is 16.2 Å². The third-order valence-electron chi connectivity index (χ3n) is 2.36. The summed E-state index contributed by atoms with van der Waals surface area (Å²) in [5.74, 6) is 0.0379. The second kappa shape index (κ2) is 6.56. The van der Waals surface area contributed by atoms with E-state index in [0.717, 1.165) is 25.0 Å². The van der Waals surface area contributed by atoms with Crippen LogP contribution in [0.15, 0.2) is 0 Å². The number of anilines is 1. The number of amides is 1. The lowest BCUT2D eigenvalue weighted by Gasteiger charge is -2.21. The summed E-state index contributed by atoms with van der Waals surface area (Å²) in [6.45, 7) is 1.55. The molecular weight excluding hydrogens is 358 g/mol. The molecule has 16 heavy (non-hydrogen) atoms. The molecular formula is C9H15Br2N3OS. The minimum absolute atomic E-state index is 0. The molecule has 92 valence electrons. The molecule has 1 aliphatic rings. The van der Waals surface area contributed by atoms with Crippen LogP contribution in [0.3, 0.4) is 0 Å². The van der Waals surface area contributed by atoms with E-state index in [4.69, 9.17) is 5.73 Å². The molecule has 7 heteroatoms. The molecule has 1 aliphatic carbocycles. The maximum Gasteiger partial charge on any atom is 0.217 e. The molecule has 1 atom stereocenters. The number of aromatic nitrogens is 1. The van der Waals surface area contributed by atoms with E-state index in [2.05, 4.69) is 10.3 Å². The lowest BCUT2D eigenvalue weighted by molar-refractivity contribution is -0.119. The number of hydrogen-bond donors (Lipinski definition) is 2. The van der Waals surface area contributed by atoms with E-state index in [1.807, 2.05) is 0 Å². The predicted octanol–water partition coefficient (Wildman–Crippen LogP) is 1.87. The van der Waals surface area contributed by atoms with Crippen molar-refractivity contribution in [2.45, 2.75) is 32.2 Å². The van der Waals surface area contributed by atoms with E-state index >= 15 is 0 Å². The second-order valence-corrected chi connectivity index (χ2v) is 4.68. The molecule has 1 amide bonds. The van der Waals surface area contributed by atoms with Crippen LogP contribution in [0.2, 0.25) is 0 Å². The lowest BCUT2D eigenvalue weighted by atomic mass is 9.98. The highest BCUT2D eigenvalue weighted by Gasteiger charge is 2.22. The van der Waals surface area contributed by atoms with Crippen molar-refractivity contribution in [1.29, 1.82) is 0 Å². The highest BCUT2D eigenvalue weighted by Crippen LogP contribution is 2.27. The predicted molar refractivity (Wildman–Crippen MR) is 76.8 cm³/mol. The number of fused-ring (bicyclic) bond motifs is 1. The third-order valence-corrected chi connectivity index (χ3v) is 3.31. The zero-order valence-electron chi connectivity index (χ0n) is 8.86. The number of carbonyl (C=O) groups excluding carboxylic acids is 1. The number of rotatable bonds is 1. The third kappa shape index (κ3) is 3.71. The highest BCUT2D eigenvalue weighted by atomic mass is 79.9. The monoisotopic (exact) mass is 371 g/mol. The smallest absolute Gasteiger partial charge is 0.217 e. The Morgan fingerprint density at radius 3 is 2.88 bits per heavy atom. The van der Waals surface area contributed by atoms with E-state index < -0.39 is 0 Å². The van der Waals surface area contributed by atoms with Crippen LogP contribution < -0.4 is 11.1 Å². The molecule has 4 nitrogen and oxygen atoms in total. The standard InChI is InChI=1S/C9H13N3OS.2BrH/c1-5(13)11-6-2-3-7-8(4-6)14-9(10)12-7;;/h6H,2-4H2,1H3,(H2,10,12)(H,11,13);2*1H. The Hall–Kier alpha value is -0.140. The average molecular weight is 373 g/mol. The molecule has 0 aliphatic heterocycles. The van der Waals surface area contributed by atoms with Crippen molar-refractivity contribution < 1.29 is 4.79 Å². The van der Waals surface area contributed by atoms with Crippen LogP contribution in [-0.2, 0) is 17.6 Å². The van der Waals surface area contributed by atoms with E-state index in [9.17, 15) is 4.79 Å². The quantitative estimate of drug-likeness (QED) is 0.790. The van der Waals surface area contributed by atoms with Crippen molar-refractivity contribution in [2.75, 3.05) is 5.73 Å². The van der Waals surface area contributed by atoms with Gasteiger partial charge >= 0.3 is 0 Å². The van der Waals surface area contributed by atoms with E-state index in [1.54, 1.807) is 6.92 Å². The number of hydrogen-bond acceptors (Lipinski definition) is 4. The summed E-state index contributed by atoms with van der Waals surface area (Å²) in [4.78, 5) is 16.4. The largest absolute Gasteiger partial charge is 0.375 e. The Morgan fingerprint density at radius 1 is 1.56 bits per heavy atom. The molecule has 0 aromatic carbocycles. The van der Waals surface area contributed by atoms with Crippen LogP contribution in [0.1, 0.15) is 23.9 Å². The van der Waals surface area contributed by atoms with Crippen LogP contribution in [0.25, 0.3) is 0 Å². The first-order valence-corrected chi connectivity index (χ1v) is 5.48. The highest BCUT2D eigenvalue weighted by molar-refractivity contribution is 8.93. The van der Waals surface area contributed by atoms with Gasteiger partial charge in [0.1, 0.15) is 0 Å². The molecule has 0 bridgehead atoms.